The number of nitrogens with zero attached hydrogens (tertiary/aromatic N) is 6. The highest BCUT2D eigenvalue weighted by Crippen LogP contribution is 2.59. The van der Waals surface area contributed by atoms with Gasteiger partial charge in [-0.3, -0.25) is 34.2 Å². The highest BCUT2D eigenvalue weighted by atomic mass is 35.5. The monoisotopic (exact) mass is 841 g/mol. The molecule has 3 aromatic rings. The van der Waals surface area contributed by atoms with E-state index in [1.54, 1.807) is 30.3 Å². The number of hydrogen-bond donors (Lipinski definition) is 1. The number of amides is 5. The zero-order valence-corrected chi connectivity index (χ0v) is 35.7. The van der Waals surface area contributed by atoms with Crippen LogP contribution >= 0.6 is 11.6 Å². The van der Waals surface area contributed by atoms with Crippen molar-refractivity contribution < 1.29 is 28.7 Å². The molecule has 2 saturated carbocycles. The molecule has 0 spiro atoms. The molecule has 2 aromatic carbocycles. The summed E-state index contributed by atoms with van der Waals surface area (Å²) in [6.45, 7) is 10.5. The van der Waals surface area contributed by atoms with E-state index < -0.39 is 29.7 Å². The predicted molar refractivity (Wildman–Crippen MR) is 226 cm³/mol. The van der Waals surface area contributed by atoms with E-state index in [1.807, 2.05) is 23.1 Å². The van der Waals surface area contributed by atoms with Crippen LogP contribution in [0.5, 0.6) is 5.75 Å². The molecule has 61 heavy (non-hydrogen) atoms. The van der Waals surface area contributed by atoms with Crippen molar-refractivity contribution >= 4 is 46.8 Å². The van der Waals surface area contributed by atoms with Gasteiger partial charge in [0.2, 0.25) is 11.8 Å². The van der Waals surface area contributed by atoms with E-state index >= 15 is 0 Å². The summed E-state index contributed by atoms with van der Waals surface area (Å²) < 4.78 is 6.47. The van der Waals surface area contributed by atoms with Crippen molar-refractivity contribution in [2.45, 2.75) is 103 Å². The Balaban J connectivity index is 0.767. The molecular weight excluding hydrogens is 794 g/mol. The van der Waals surface area contributed by atoms with Gasteiger partial charge in [0.1, 0.15) is 29.7 Å². The molecule has 5 amide bonds. The van der Waals surface area contributed by atoms with Crippen LogP contribution < -0.4 is 15.0 Å². The summed E-state index contributed by atoms with van der Waals surface area (Å²) in [5.41, 5.74) is 3.16. The van der Waals surface area contributed by atoms with Crippen molar-refractivity contribution in [1.82, 2.24) is 25.0 Å². The molecule has 1 N–H and O–H groups in total. The van der Waals surface area contributed by atoms with Crippen LogP contribution in [0.25, 0.3) is 0 Å². The number of halogens is 1. The number of piperidine rings is 2. The van der Waals surface area contributed by atoms with Crippen LogP contribution in [-0.2, 0) is 16.1 Å². The number of nitrogens with one attached hydrogen (secondary N) is 1. The number of anilines is 1. The number of rotatable bonds is 7. The van der Waals surface area contributed by atoms with Crippen LogP contribution in [0, 0.1) is 39.9 Å². The molecule has 0 radical (unpaired) electrons. The molecule has 14 heteroatoms. The average Bonchev–Trinajstić information content (AvgIpc) is 3.65. The number of ether oxygens (including phenoxy) is 1. The Morgan fingerprint density at radius 1 is 0.869 bits per heavy atom. The van der Waals surface area contributed by atoms with Crippen molar-refractivity contribution in [3.8, 4) is 23.7 Å². The molecule has 1 aromatic heterocycles. The summed E-state index contributed by atoms with van der Waals surface area (Å²) in [5, 5.41) is 11.9. The largest absolute Gasteiger partial charge is 0.489 e. The second-order valence-electron chi connectivity index (χ2n) is 18.6. The van der Waals surface area contributed by atoms with Gasteiger partial charge >= 0.3 is 0 Å². The third-order valence-electron chi connectivity index (χ3n) is 14.1. The number of pyridine rings is 1. The fraction of sp³-hybridized carbons (Fsp3) is 0.468. The minimum absolute atomic E-state index is 0.0269. The molecule has 4 fully saturated rings. The Labute approximate surface area is 360 Å². The van der Waals surface area contributed by atoms with Crippen molar-refractivity contribution in [2.75, 3.05) is 25.0 Å². The van der Waals surface area contributed by atoms with Gasteiger partial charge in [0.25, 0.3) is 17.7 Å². The van der Waals surface area contributed by atoms with Crippen molar-refractivity contribution in [2.24, 2.45) is 16.7 Å². The molecule has 13 nitrogen and oxygen atoms in total. The van der Waals surface area contributed by atoms with E-state index in [0.29, 0.717) is 51.8 Å². The molecule has 6 aliphatic rings. The van der Waals surface area contributed by atoms with E-state index in [1.165, 1.54) is 0 Å². The normalized spacial score (nSPS) is 26.5. The summed E-state index contributed by atoms with van der Waals surface area (Å²) >= 11 is 6.29. The summed E-state index contributed by atoms with van der Waals surface area (Å²) in [7, 11) is 2.20. The van der Waals surface area contributed by atoms with Gasteiger partial charge in [0.05, 0.1) is 39.5 Å². The van der Waals surface area contributed by atoms with Crippen LogP contribution in [0.2, 0.25) is 5.02 Å². The first-order chi connectivity index (χ1) is 29.1. The van der Waals surface area contributed by atoms with Gasteiger partial charge in [-0.05, 0) is 87.5 Å². The Morgan fingerprint density at radius 2 is 1.57 bits per heavy atom. The third kappa shape index (κ3) is 6.83. The van der Waals surface area contributed by atoms with E-state index in [0.717, 1.165) is 55.1 Å². The number of carbonyl (C=O) groups is 5. The molecule has 0 bridgehead atoms. The molecule has 5 heterocycles. The predicted octanol–water partition coefficient (Wildman–Crippen LogP) is 5.58. The fourth-order valence-electron chi connectivity index (χ4n) is 11.2. The second-order valence-corrected chi connectivity index (χ2v) is 19.0. The molecule has 2 saturated heterocycles. The molecule has 1 unspecified atom stereocenters. The summed E-state index contributed by atoms with van der Waals surface area (Å²) in [4.78, 5) is 77.0. The van der Waals surface area contributed by atoms with E-state index in [-0.39, 0.29) is 53.2 Å². The fourth-order valence-corrected chi connectivity index (χ4v) is 11.4. The van der Waals surface area contributed by atoms with Crippen LogP contribution in [-0.4, -0.2) is 99.6 Å². The van der Waals surface area contributed by atoms with Crippen LogP contribution in [0.15, 0.2) is 48.5 Å². The van der Waals surface area contributed by atoms with Gasteiger partial charge in [-0.25, -0.2) is 4.98 Å². The van der Waals surface area contributed by atoms with Crippen molar-refractivity contribution in [3.63, 3.8) is 0 Å². The minimum Gasteiger partial charge on any atom is -0.489 e. The van der Waals surface area contributed by atoms with Gasteiger partial charge < -0.3 is 19.4 Å². The highest BCUT2D eigenvalue weighted by Gasteiger charge is 2.67. The first kappa shape index (κ1) is 40.6. The highest BCUT2D eigenvalue weighted by molar-refractivity contribution is 6.31. The van der Waals surface area contributed by atoms with E-state index in [4.69, 9.17) is 21.3 Å². The summed E-state index contributed by atoms with van der Waals surface area (Å²) in [6, 6.07) is 16.0. The lowest BCUT2D eigenvalue weighted by molar-refractivity contribution is -0.199. The first-order valence-electron chi connectivity index (χ1n) is 21.1. The molecule has 4 aliphatic heterocycles. The summed E-state index contributed by atoms with van der Waals surface area (Å²) in [5.74, 6) is 5.60. The smallest absolute Gasteiger partial charge is 0.262 e. The molecule has 1 atom stereocenters. The number of aromatic nitrogens is 1. The van der Waals surface area contributed by atoms with Gasteiger partial charge in [0, 0.05) is 66.1 Å². The SMILES string of the molecule is CN(C1CCN(c2ccc3c(c2)C(=O)N(C2CCC(=O)NC2=O)C3=O)CC1)C1CC(C#Cc2ccc3c(n2)CN(C2C(C)(C)C(Oc4ccc(C#N)c(Cl)c4)C2(C)C)C3=O)C1. The maximum absolute atomic E-state index is 13.8. The van der Waals surface area contributed by atoms with Crippen LogP contribution in [0.4, 0.5) is 5.69 Å². The number of nitriles is 1. The molecule has 314 valence electrons. The zero-order chi connectivity index (χ0) is 43.1. The van der Waals surface area contributed by atoms with Gasteiger partial charge in [-0.15, -0.1) is 0 Å². The lowest BCUT2D eigenvalue weighted by atomic mass is 9.49. The Bertz CT molecular complexity index is 2490. The summed E-state index contributed by atoms with van der Waals surface area (Å²) in [6.07, 6.45) is 3.90. The average molecular weight is 842 g/mol. The van der Waals surface area contributed by atoms with Crippen molar-refractivity contribution in [1.29, 1.82) is 5.26 Å². The number of fused-ring (bicyclic) bond motifs is 2. The van der Waals surface area contributed by atoms with E-state index in [2.05, 4.69) is 67.8 Å². The van der Waals surface area contributed by atoms with Gasteiger partial charge in [-0.2, -0.15) is 5.26 Å². The van der Waals surface area contributed by atoms with Gasteiger partial charge in [0.15, 0.2) is 0 Å². The lowest BCUT2D eigenvalue weighted by Gasteiger charge is -2.65. The second kappa shape index (κ2) is 15.0. The topological polar surface area (TPSA) is 156 Å². The molecule has 2 aliphatic carbocycles. The standard InChI is InChI=1S/C47H48ClN7O6/c1-46(2)44(47(3,4)45(46)61-32-11-7-27(24-49)36(48)23-32)54-25-37-34(41(54)58)12-9-28(50-37)8-6-26-20-31(21-26)52(5)29-16-18-53(19-17-29)30-10-13-33-35(22-30)43(60)55(42(33)59)38-14-15-39(56)51-40(38)57/h7,9-13,22-23,26,29,31,38,44-45H,14-21,25H2,1-5H3,(H,51,56,57). The Hall–Kier alpha value is -5.76. The van der Waals surface area contributed by atoms with Gasteiger partial charge in [-0.1, -0.05) is 45.2 Å². The molecule has 9 rings (SSSR count). The minimum atomic E-state index is -0.981. The number of carbonyl (C=O) groups excluding carboxylic acids is 5. The zero-order valence-electron chi connectivity index (χ0n) is 35.0. The van der Waals surface area contributed by atoms with Crippen LogP contribution in [0.3, 0.4) is 0 Å². The maximum atomic E-state index is 13.8. The Kier molecular flexibility index (Phi) is 9.99. The van der Waals surface area contributed by atoms with Crippen LogP contribution in [0.1, 0.15) is 114 Å². The quantitative estimate of drug-likeness (QED) is 0.236. The number of hydrogen-bond acceptors (Lipinski definition) is 10. The lowest BCUT2D eigenvalue weighted by Crippen LogP contribution is -2.74. The number of imide groups is 2. The third-order valence-corrected chi connectivity index (χ3v) is 14.4. The number of benzene rings is 2. The molecular formula is C47H48ClN7O6. The van der Waals surface area contributed by atoms with E-state index in [9.17, 15) is 29.2 Å². The van der Waals surface area contributed by atoms with Crippen molar-refractivity contribution in [3.05, 3.63) is 87.2 Å². The maximum Gasteiger partial charge on any atom is 0.262 e. The first-order valence-corrected chi connectivity index (χ1v) is 21.5. The Morgan fingerprint density at radius 3 is 2.26 bits per heavy atom.